The minimum absolute atomic E-state index is 0.0207. The van der Waals surface area contributed by atoms with Gasteiger partial charge in [-0.1, -0.05) is 23.7 Å². The Bertz CT molecular complexity index is 1200. The van der Waals surface area contributed by atoms with Crippen molar-refractivity contribution in [3.05, 3.63) is 46.7 Å². The standard InChI is InChI=1S/C19H23ClN4O5S2/c1-23(2)14-6-4-13(5-7-14)11-24(15-8-9-31(28,29)12-15)18(25)17-16(20)10-21-19(22-17)30(3,26)27/h4-7,10,15H,8-9,11-12H2,1-3H3/t15-/m0/s1. The van der Waals surface area contributed by atoms with E-state index in [2.05, 4.69) is 9.97 Å². The quantitative estimate of drug-likeness (QED) is 0.563. The van der Waals surface area contributed by atoms with E-state index in [4.69, 9.17) is 11.6 Å². The molecule has 2 aromatic rings. The Labute approximate surface area is 186 Å². The first-order valence-corrected chi connectivity index (χ1v) is 13.5. The van der Waals surface area contributed by atoms with Gasteiger partial charge in [-0.15, -0.1) is 0 Å². The summed E-state index contributed by atoms with van der Waals surface area (Å²) in [4.78, 5) is 24.3. The zero-order valence-electron chi connectivity index (χ0n) is 17.3. The maximum atomic E-state index is 13.4. The van der Waals surface area contributed by atoms with Crippen LogP contribution in [0.3, 0.4) is 0 Å². The lowest BCUT2D eigenvalue weighted by atomic mass is 10.1. The number of aromatic nitrogens is 2. The van der Waals surface area contributed by atoms with Gasteiger partial charge >= 0.3 is 0 Å². The van der Waals surface area contributed by atoms with Crippen molar-refractivity contribution < 1.29 is 21.6 Å². The van der Waals surface area contributed by atoms with E-state index in [1.54, 1.807) is 0 Å². The van der Waals surface area contributed by atoms with Crippen molar-refractivity contribution in [3.63, 3.8) is 0 Å². The lowest BCUT2D eigenvalue weighted by molar-refractivity contribution is 0.0674. The Kier molecular flexibility index (Phi) is 6.59. The highest BCUT2D eigenvalue weighted by atomic mass is 35.5. The van der Waals surface area contributed by atoms with Crippen molar-refractivity contribution in [2.24, 2.45) is 0 Å². The second kappa shape index (κ2) is 8.71. The van der Waals surface area contributed by atoms with Gasteiger partial charge in [0, 0.05) is 38.6 Å². The van der Waals surface area contributed by atoms with Crippen molar-refractivity contribution in [1.82, 2.24) is 14.9 Å². The molecule has 0 aliphatic carbocycles. The fourth-order valence-electron chi connectivity index (χ4n) is 3.30. The Hall–Kier alpha value is -2.24. The number of anilines is 1. The van der Waals surface area contributed by atoms with E-state index in [1.807, 2.05) is 43.3 Å². The summed E-state index contributed by atoms with van der Waals surface area (Å²) in [6, 6.07) is 6.91. The van der Waals surface area contributed by atoms with Gasteiger partial charge < -0.3 is 9.80 Å². The first-order chi connectivity index (χ1) is 14.4. The molecule has 12 heteroatoms. The van der Waals surface area contributed by atoms with Crippen LogP contribution in [0.2, 0.25) is 5.02 Å². The second-order valence-electron chi connectivity index (χ2n) is 7.67. The molecule has 0 unspecified atom stereocenters. The molecule has 1 saturated heterocycles. The maximum absolute atomic E-state index is 13.4. The summed E-state index contributed by atoms with van der Waals surface area (Å²) in [6.45, 7) is 0.126. The summed E-state index contributed by atoms with van der Waals surface area (Å²) in [5.41, 5.74) is 1.49. The highest BCUT2D eigenvalue weighted by Crippen LogP contribution is 2.25. The van der Waals surface area contributed by atoms with Crippen LogP contribution in [0.1, 0.15) is 22.5 Å². The van der Waals surface area contributed by atoms with Crippen LogP contribution in [0, 0.1) is 0 Å². The molecule has 0 N–H and O–H groups in total. The van der Waals surface area contributed by atoms with Crippen molar-refractivity contribution in [3.8, 4) is 0 Å². The third-order valence-corrected chi connectivity index (χ3v) is 7.86. The van der Waals surface area contributed by atoms with Crippen LogP contribution in [0.15, 0.2) is 35.6 Å². The van der Waals surface area contributed by atoms with Gasteiger partial charge in [0.15, 0.2) is 15.5 Å². The van der Waals surface area contributed by atoms with Gasteiger partial charge in [0.1, 0.15) is 0 Å². The van der Waals surface area contributed by atoms with Crippen LogP contribution in [0.25, 0.3) is 0 Å². The first kappa shape index (κ1) is 23.4. The van der Waals surface area contributed by atoms with Crippen molar-refractivity contribution in [2.45, 2.75) is 24.2 Å². The zero-order chi connectivity index (χ0) is 23.0. The van der Waals surface area contributed by atoms with E-state index in [0.717, 1.165) is 23.7 Å². The van der Waals surface area contributed by atoms with Crippen LogP contribution in [0.5, 0.6) is 0 Å². The predicted octanol–water partition coefficient (Wildman–Crippen LogP) is 1.43. The molecule has 168 valence electrons. The number of hydrogen-bond donors (Lipinski definition) is 0. The minimum atomic E-state index is -3.76. The molecule has 1 aromatic heterocycles. The highest BCUT2D eigenvalue weighted by molar-refractivity contribution is 7.91. The number of carbonyl (C=O) groups excluding carboxylic acids is 1. The molecule has 9 nitrogen and oxygen atoms in total. The van der Waals surface area contributed by atoms with E-state index >= 15 is 0 Å². The van der Waals surface area contributed by atoms with Gasteiger partial charge in [-0.05, 0) is 24.1 Å². The molecule has 0 spiro atoms. The first-order valence-electron chi connectivity index (χ1n) is 9.37. The Morgan fingerprint density at radius 2 is 1.87 bits per heavy atom. The third-order valence-electron chi connectivity index (χ3n) is 4.97. The number of sulfone groups is 2. The molecule has 0 radical (unpaired) electrons. The van der Waals surface area contributed by atoms with E-state index in [9.17, 15) is 21.6 Å². The number of benzene rings is 1. The smallest absolute Gasteiger partial charge is 0.274 e. The van der Waals surface area contributed by atoms with E-state index < -0.39 is 36.8 Å². The SMILES string of the molecule is CN(C)c1ccc(CN(C(=O)c2nc(S(C)(=O)=O)ncc2Cl)[C@H]2CCS(=O)(=O)C2)cc1. The van der Waals surface area contributed by atoms with Crippen molar-refractivity contribution >= 4 is 42.9 Å². The summed E-state index contributed by atoms with van der Waals surface area (Å²) in [7, 11) is -3.22. The fourth-order valence-corrected chi connectivity index (χ4v) is 5.70. The molecule has 1 atom stereocenters. The zero-order valence-corrected chi connectivity index (χ0v) is 19.7. The number of amides is 1. The molecule has 3 rings (SSSR count). The second-order valence-corrected chi connectivity index (χ2v) is 12.2. The molecular weight excluding hydrogens is 464 g/mol. The van der Waals surface area contributed by atoms with Crippen molar-refractivity contribution in [2.75, 3.05) is 36.8 Å². The molecule has 0 bridgehead atoms. The van der Waals surface area contributed by atoms with E-state index in [0.29, 0.717) is 0 Å². The van der Waals surface area contributed by atoms with Gasteiger partial charge in [0.05, 0.1) is 22.7 Å². The van der Waals surface area contributed by atoms with Gasteiger partial charge in [-0.2, -0.15) is 0 Å². The van der Waals surface area contributed by atoms with Gasteiger partial charge in [-0.3, -0.25) is 4.79 Å². The predicted molar refractivity (Wildman–Crippen MR) is 118 cm³/mol. The van der Waals surface area contributed by atoms with Crippen LogP contribution in [0.4, 0.5) is 5.69 Å². The summed E-state index contributed by atoms with van der Waals surface area (Å²) in [5.74, 6) is -0.834. The van der Waals surface area contributed by atoms with Crippen LogP contribution in [-0.2, 0) is 26.2 Å². The lowest BCUT2D eigenvalue weighted by Gasteiger charge is -2.28. The number of carbonyl (C=O) groups is 1. The van der Waals surface area contributed by atoms with Crippen LogP contribution >= 0.6 is 11.6 Å². The number of halogens is 1. The van der Waals surface area contributed by atoms with Gasteiger partial charge in [0.25, 0.3) is 5.91 Å². The van der Waals surface area contributed by atoms with Gasteiger partial charge in [-0.25, -0.2) is 26.8 Å². The Balaban J connectivity index is 1.99. The molecule has 1 aliphatic rings. The number of nitrogens with zero attached hydrogens (tertiary/aromatic N) is 4. The normalized spacial score (nSPS) is 18.0. The number of hydrogen-bond acceptors (Lipinski definition) is 8. The summed E-state index contributed by atoms with van der Waals surface area (Å²) in [5, 5.41) is -0.624. The van der Waals surface area contributed by atoms with Crippen molar-refractivity contribution in [1.29, 1.82) is 0 Å². The average molecular weight is 487 g/mol. The summed E-state index contributed by atoms with van der Waals surface area (Å²) >= 11 is 6.12. The molecule has 1 aliphatic heterocycles. The monoisotopic (exact) mass is 486 g/mol. The highest BCUT2D eigenvalue weighted by Gasteiger charge is 2.36. The third kappa shape index (κ3) is 5.52. The van der Waals surface area contributed by atoms with Gasteiger partial charge in [0.2, 0.25) is 15.0 Å². The molecule has 2 heterocycles. The molecule has 1 fully saturated rings. The minimum Gasteiger partial charge on any atom is -0.378 e. The molecular formula is C19H23ClN4O5S2. The van der Waals surface area contributed by atoms with Crippen LogP contribution < -0.4 is 4.90 Å². The van der Waals surface area contributed by atoms with E-state index in [1.165, 1.54) is 4.90 Å². The average Bonchev–Trinajstić information content (AvgIpc) is 3.05. The molecule has 1 aromatic carbocycles. The molecule has 1 amide bonds. The summed E-state index contributed by atoms with van der Waals surface area (Å²) in [6.07, 6.45) is 2.28. The largest absolute Gasteiger partial charge is 0.378 e. The fraction of sp³-hybridized carbons (Fsp3) is 0.421. The van der Waals surface area contributed by atoms with Crippen LogP contribution in [-0.4, -0.2) is 75.5 Å². The Morgan fingerprint density at radius 1 is 1.23 bits per heavy atom. The number of rotatable bonds is 6. The Morgan fingerprint density at radius 3 is 2.39 bits per heavy atom. The summed E-state index contributed by atoms with van der Waals surface area (Å²) < 4.78 is 47.8. The topological polar surface area (TPSA) is 118 Å². The lowest BCUT2D eigenvalue weighted by Crippen LogP contribution is -2.41. The molecule has 31 heavy (non-hydrogen) atoms. The molecule has 0 saturated carbocycles. The maximum Gasteiger partial charge on any atom is 0.274 e. The van der Waals surface area contributed by atoms with E-state index in [-0.39, 0.29) is 35.2 Å².